The Kier molecular flexibility index (Phi) is 34.3. The Hall–Kier alpha value is -12.2. The predicted octanol–water partition coefficient (Wildman–Crippen LogP) is 32.3. The van der Waals surface area contributed by atoms with Crippen LogP contribution in [0, 0.1) is 34.6 Å². The van der Waals surface area contributed by atoms with Gasteiger partial charge in [0.25, 0.3) is 0 Å². The number of benzene rings is 10. The van der Waals surface area contributed by atoms with Gasteiger partial charge >= 0.3 is 5.20 Å². The molecule has 10 aromatic heterocycles. The van der Waals surface area contributed by atoms with E-state index in [9.17, 15) is 9.36 Å². The Morgan fingerprint density at radius 3 is 1.00 bits per heavy atom. The van der Waals surface area contributed by atoms with Crippen molar-refractivity contribution >= 4 is 190 Å². The van der Waals surface area contributed by atoms with Crippen LogP contribution in [-0.4, -0.2) is 86.9 Å². The zero-order chi connectivity index (χ0) is 95.3. The molecule has 1 saturated heterocycles. The van der Waals surface area contributed by atoms with Crippen LogP contribution in [0.4, 0.5) is 0 Å². The summed E-state index contributed by atoms with van der Waals surface area (Å²) < 4.78 is 18.8. The summed E-state index contributed by atoms with van der Waals surface area (Å²) in [5.41, 5.74) is 34.9. The number of H-pyrrole nitrogens is 1. The summed E-state index contributed by atoms with van der Waals surface area (Å²) in [6.07, 6.45) is 34.4. The Morgan fingerprint density at radius 1 is 0.333 bits per heavy atom. The van der Waals surface area contributed by atoms with Gasteiger partial charge in [-0.3, -0.25) is 42.7 Å². The van der Waals surface area contributed by atoms with Crippen molar-refractivity contribution in [1.82, 2.24) is 79.1 Å². The lowest BCUT2D eigenvalue weighted by atomic mass is 9.86. The number of nitrogens with zero attached hydrogens (tertiary/aromatic N) is 14. The SMILES string of the molecule is C.C.CC1=CCCCC1.Cc1cc(=O)[nH]c2ccc(-c3ccc4nn(C)cc4c3)cc12.Cc1cc(C2=CCCCC2)nc2ccc(-c3ccc4nn(C)cc4c3)cc12.Cc1cc(C2CCCCC2)nc2ccc(-c3ccc4nn(C)cc4c3)cc12.Cc1cc(C2CCNCC2)nc2ccc(-c3ccc4nn(C)cc4c3)cc12.Cc1cc(Cl)nc2ccc(-c3ccc4nn(C)cc4c3)cc12.Cl.Cl.O=P(Cl)(Cl)Cl. The van der Waals surface area contributed by atoms with Crippen LogP contribution >= 0.6 is 75.3 Å². The van der Waals surface area contributed by atoms with E-state index in [0.29, 0.717) is 17.0 Å². The summed E-state index contributed by atoms with van der Waals surface area (Å²) >= 11 is 19.9. The average molecular weight is 2020 g/mol. The number of hydrogen-bond acceptors (Lipinski definition) is 12. The Labute approximate surface area is 857 Å². The van der Waals surface area contributed by atoms with Gasteiger partial charge in [0.05, 0.1) is 55.3 Å². The van der Waals surface area contributed by atoms with E-state index in [0.717, 1.165) is 124 Å². The molecule has 11 heterocycles. The number of rotatable bonds is 8. The number of hydrogen-bond donors (Lipinski definition) is 2. The summed E-state index contributed by atoms with van der Waals surface area (Å²) in [7, 11) is 9.76. The molecule has 726 valence electrons. The van der Waals surface area contributed by atoms with Crippen molar-refractivity contribution in [1.29, 1.82) is 0 Å². The summed E-state index contributed by atoms with van der Waals surface area (Å²) in [5.74, 6) is 1.23. The van der Waals surface area contributed by atoms with Crippen LogP contribution in [-0.2, 0) is 39.8 Å². The molecule has 0 unspecified atom stereocenters. The zero-order valence-electron chi connectivity index (χ0n) is 80.3. The van der Waals surface area contributed by atoms with Crippen LogP contribution < -0.4 is 10.9 Å². The number of nitrogens with one attached hydrogen (secondary N) is 2. The van der Waals surface area contributed by atoms with Crippen LogP contribution in [0.2, 0.25) is 5.15 Å². The minimum atomic E-state index is -3.22. The molecule has 0 atom stereocenters. The Balaban J connectivity index is 0.000000135. The fourth-order valence-corrected chi connectivity index (χ4v) is 20.0. The number of aromatic amines is 1. The van der Waals surface area contributed by atoms with Crippen molar-refractivity contribution in [3.63, 3.8) is 0 Å². The first kappa shape index (κ1) is 105. The number of piperidine rings is 1. The molecule has 2 fully saturated rings. The van der Waals surface area contributed by atoms with Crippen LogP contribution in [0.3, 0.4) is 0 Å². The van der Waals surface area contributed by atoms with Gasteiger partial charge in [0.1, 0.15) is 5.15 Å². The van der Waals surface area contributed by atoms with Gasteiger partial charge in [0, 0.05) is 155 Å². The largest absolute Gasteiger partial charge is 0.339 e. The predicted molar refractivity (Wildman–Crippen MR) is 601 cm³/mol. The van der Waals surface area contributed by atoms with E-state index in [4.69, 9.17) is 26.6 Å². The van der Waals surface area contributed by atoms with Crippen molar-refractivity contribution in [3.05, 3.63) is 321 Å². The highest BCUT2D eigenvalue weighted by atomic mass is 36.0. The number of allylic oxidation sites excluding steroid dienone is 4. The van der Waals surface area contributed by atoms with E-state index in [1.165, 1.54) is 200 Å². The molecule has 24 rings (SSSR count). The third kappa shape index (κ3) is 25.5. The highest BCUT2D eigenvalue weighted by Gasteiger charge is 2.22. The number of aryl methyl sites for hydroxylation is 10. The average Bonchev–Trinajstić information content (AvgIpc) is 0.853. The van der Waals surface area contributed by atoms with Crippen molar-refractivity contribution in [3.8, 4) is 55.6 Å². The smallest absolute Gasteiger partial charge is 0.322 e. The first-order valence-electron chi connectivity index (χ1n) is 47.5. The summed E-state index contributed by atoms with van der Waals surface area (Å²) in [4.78, 5) is 33.8. The van der Waals surface area contributed by atoms with Gasteiger partial charge < -0.3 is 10.3 Å². The van der Waals surface area contributed by atoms with Crippen LogP contribution in [0.1, 0.15) is 175 Å². The standard InChI is InChI=1S/C24H25N3.C24H23N3.C23H24N4.C18H14ClN3.C18H15N3O.C7H12.2CH4.Cl3OP.2ClH/c2*1-16-12-24(17-6-4-3-5-7-17)25-23-11-9-19(14-21(16)23)18-8-10-22-20(13-18)15-27(2)26-22;1-15-11-23(16-7-9-24-10-8-16)25-22-6-4-18(13-20(15)22)17-3-5-21-19(12-17)14-27(2)26-21;1-11-7-18(19)20-17-6-4-13(9-15(11)17)12-3-5-16-14(8-12)10-22(2)21-16;1-11-7-18(22)19-17-6-4-13(9-15(11)17)12-3-5-16-14(8-12)10-21(2)20-16;1-7-5-3-2-4-6-7;;;1-5(2,3)4;;/h8-15,17H,3-7H2,1-2H3;6,8-15H,3-5,7H2,1-2H3;3-6,11-14,16,24H,7-10H2,1-2H3;3-10H,1-2H3;3-10H,1-2H3,(H,19,22);5H,2-4,6H2,1H3;2*1H4;;2*1H. The second kappa shape index (κ2) is 46.2. The van der Waals surface area contributed by atoms with Crippen molar-refractivity contribution in [2.75, 3.05) is 13.1 Å². The van der Waals surface area contributed by atoms with Crippen molar-refractivity contribution in [2.24, 2.45) is 35.2 Å². The molecule has 1 aliphatic heterocycles. The van der Waals surface area contributed by atoms with E-state index in [1.54, 1.807) is 11.6 Å². The maximum absolute atomic E-state index is 11.5. The Morgan fingerprint density at radius 2 is 0.645 bits per heavy atom. The molecule has 0 radical (unpaired) electrons. The third-order valence-electron chi connectivity index (χ3n) is 26.8. The van der Waals surface area contributed by atoms with E-state index < -0.39 is 5.20 Å². The summed E-state index contributed by atoms with van der Waals surface area (Å²) in [6, 6.07) is 74.8. The fraction of sp³-hybridized carbons (Fsp3) is 0.276. The normalized spacial score (nSPS) is 13.8. The number of fused-ring (bicyclic) bond motifs is 10. The molecular formula is C116H123Cl6N16O2P. The number of aromatic nitrogens is 15. The van der Waals surface area contributed by atoms with Gasteiger partial charge in [-0.25, -0.2) is 9.97 Å². The van der Waals surface area contributed by atoms with Gasteiger partial charge in [0.2, 0.25) is 5.56 Å². The lowest BCUT2D eigenvalue weighted by Gasteiger charge is -2.23. The van der Waals surface area contributed by atoms with E-state index in [-0.39, 0.29) is 45.2 Å². The lowest BCUT2D eigenvalue weighted by molar-refractivity contribution is 0.437. The third-order valence-corrected chi connectivity index (χ3v) is 27.0. The second-order valence-corrected chi connectivity index (χ2v) is 44.3. The molecule has 18 nitrogen and oxygen atoms in total. The van der Waals surface area contributed by atoms with E-state index >= 15 is 0 Å². The molecule has 0 amide bonds. The topological polar surface area (TPSA) is 203 Å². The maximum atomic E-state index is 11.5. The minimum absolute atomic E-state index is 0. The molecule has 2 N–H and O–H groups in total. The zero-order valence-corrected chi connectivity index (χ0v) is 85.8. The molecule has 141 heavy (non-hydrogen) atoms. The van der Waals surface area contributed by atoms with Crippen LogP contribution in [0.15, 0.2) is 266 Å². The highest BCUT2D eigenvalue weighted by Crippen LogP contribution is 2.61. The fourth-order valence-electron chi connectivity index (χ4n) is 19.7. The van der Waals surface area contributed by atoms with Gasteiger partial charge in [0.15, 0.2) is 0 Å². The van der Waals surface area contributed by atoms with Crippen LogP contribution in [0.25, 0.3) is 170 Å². The highest BCUT2D eigenvalue weighted by molar-refractivity contribution is 8.24. The first-order valence-corrected chi connectivity index (χ1v) is 52.3. The molecule has 1 saturated carbocycles. The van der Waals surface area contributed by atoms with Gasteiger partial charge in [-0.1, -0.05) is 124 Å². The van der Waals surface area contributed by atoms with Gasteiger partial charge in [-0.15, -0.1) is 24.8 Å². The van der Waals surface area contributed by atoms with Gasteiger partial charge in [-0.2, -0.15) is 25.5 Å². The monoisotopic (exact) mass is 2010 g/mol. The summed E-state index contributed by atoms with van der Waals surface area (Å²) in [5, 5.41) is 34.7. The number of pyridine rings is 5. The quantitative estimate of drug-likeness (QED) is 0.0829. The molecular weight excluding hydrogens is 1890 g/mol. The maximum Gasteiger partial charge on any atom is 0.339 e. The van der Waals surface area contributed by atoms with Gasteiger partial charge in [-0.05, 0) is 400 Å². The van der Waals surface area contributed by atoms with E-state index in [1.807, 2.05) is 108 Å². The minimum Gasteiger partial charge on any atom is -0.322 e. The summed E-state index contributed by atoms with van der Waals surface area (Å²) in [6.45, 7) is 15.1. The molecule has 4 aliphatic rings. The molecule has 10 aromatic carbocycles. The first-order chi connectivity index (χ1) is 66.1. The van der Waals surface area contributed by atoms with Crippen LogP contribution in [0.5, 0.6) is 0 Å². The molecule has 3 aliphatic carbocycles. The van der Waals surface area contributed by atoms with Crippen molar-refractivity contribution in [2.45, 2.75) is 165 Å². The van der Waals surface area contributed by atoms with E-state index in [2.05, 4.69) is 316 Å². The molecule has 25 heteroatoms. The molecule has 20 aromatic rings. The molecule has 0 spiro atoms. The number of halogens is 6. The molecule has 0 bridgehead atoms. The lowest BCUT2D eigenvalue weighted by Crippen LogP contribution is -2.27. The Bertz CT molecular complexity index is 7940. The van der Waals surface area contributed by atoms with Crippen molar-refractivity contribution < 1.29 is 4.57 Å². The second-order valence-electron chi connectivity index (χ2n) is 37.2.